The van der Waals surface area contributed by atoms with Crippen molar-refractivity contribution in [1.29, 1.82) is 0 Å². The summed E-state index contributed by atoms with van der Waals surface area (Å²) in [6.45, 7) is 4.43. The van der Waals surface area contributed by atoms with Crippen molar-refractivity contribution < 1.29 is 9.53 Å². The Kier molecular flexibility index (Phi) is 3.94. The molecular formula is C16H18N2O2. The first-order valence-electron chi connectivity index (χ1n) is 6.36. The molecule has 0 fully saturated rings. The van der Waals surface area contributed by atoms with Crippen LogP contribution in [0.25, 0.3) is 0 Å². The Morgan fingerprint density at radius 2 is 1.80 bits per heavy atom. The van der Waals surface area contributed by atoms with Crippen LogP contribution in [-0.4, -0.2) is 5.91 Å². The fourth-order valence-corrected chi connectivity index (χ4v) is 2.09. The third-order valence-corrected chi connectivity index (χ3v) is 3.29. The lowest BCUT2D eigenvalue weighted by Gasteiger charge is -2.13. The van der Waals surface area contributed by atoms with Gasteiger partial charge in [-0.2, -0.15) is 0 Å². The topological polar surface area (TPSA) is 78.3 Å². The Labute approximate surface area is 118 Å². The molecule has 0 heterocycles. The van der Waals surface area contributed by atoms with Crippen LogP contribution in [0, 0.1) is 13.8 Å². The average Bonchev–Trinajstić information content (AvgIpc) is 2.37. The van der Waals surface area contributed by atoms with Crippen molar-refractivity contribution in [1.82, 2.24) is 0 Å². The van der Waals surface area contributed by atoms with Crippen LogP contribution in [0.15, 0.2) is 36.4 Å². The van der Waals surface area contributed by atoms with E-state index in [-0.39, 0.29) is 0 Å². The summed E-state index contributed by atoms with van der Waals surface area (Å²) in [5, 5.41) is 0. The molecule has 4 heteroatoms. The van der Waals surface area contributed by atoms with Crippen LogP contribution in [0.5, 0.6) is 5.75 Å². The fraction of sp³-hybridized carbons (Fsp3) is 0.188. The number of ether oxygens (including phenoxy) is 1. The molecule has 20 heavy (non-hydrogen) atoms. The molecule has 0 spiro atoms. The summed E-state index contributed by atoms with van der Waals surface area (Å²) in [6.07, 6.45) is 0. The van der Waals surface area contributed by atoms with Crippen molar-refractivity contribution in [3.8, 4) is 5.75 Å². The Morgan fingerprint density at radius 1 is 1.15 bits per heavy atom. The number of anilines is 1. The molecule has 104 valence electrons. The maximum absolute atomic E-state index is 11.4. The molecule has 0 aliphatic heterocycles. The molecule has 0 unspecified atom stereocenters. The molecule has 2 rings (SSSR count). The lowest BCUT2D eigenvalue weighted by molar-refractivity contribution is 0.0996. The molecule has 0 atom stereocenters. The van der Waals surface area contributed by atoms with Gasteiger partial charge in [0.1, 0.15) is 12.4 Å². The molecule has 0 radical (unpaired) electrons. The number of hydrogen-bond donors (Lipinski definition) is 2. The fourth-order valence-electron chi connectivity index (χ4n) is 2.09. The second-order valence-electron chi connectivity index (χ2n) is 4.78. The van der Waals surface area contributed by atoms with Crippen molar-refractivity contribution in [2.75, 3.05) is 5.73 Å². The van der Waals surface area contributed by atoms with Gasteiger partial charge in [0.05, 0.1) is 5.56 Å². The standard InChI is InChI=1S/C16H18N2O2/c1-10-4-3-5-11(2)14(10)9-20-15-8-12(17)6-7-13(15)16(18)19/h3-8H,9,17H2,1-2H3,(H2,18,19). The highest BCUT2D eigenvalue weighted by Gasteiger charge is 2.11. The van der Waals surface area contributed by atoms with Gasteiger partial charge in [0.15, 0.2) is 0 Å². The number of nitrogen functional groups attached to an aromatic ring is 1. The summed E-state index contributed by atoms with van der Waals surface area (Å²) in [5.74, 6) is -0.110. The minimum atomic E-state index is -0.526. The smallest absolute Gasteiger partial charge is 0.252 e. The first-order valence-corrected chi connectivity index (χ1v) is 6.36. The Balaban J connectivity index is 2.27. The SMILES string of the molecule is Cc1cccc(C)c1COc1cc(N)ccc1C(N)=O. The highest BCUT2D eigenvalue weighted by molar-refractivity contribution is 5.96. The van der Waals surface area contributed by atoms with Crippen LogP contribution in [0.1, 0.15) is 27.0 Å². The normalized spacial score (nSPS) is 10.3. The first kappa shape index (κ1) is 13.9. The number of carbonyl (C=O) groups is 1. The molecule has 0 aliphatic rings. The summed E-state index contributed by atoms with van der Waals surface area (Å²) in [7, 11) is 0. The van der Waals surface area contributed by atoms with Gasteiger partial charge in [-0.3, -0.25) is 4.79 Å². The Hall–Kier alpha value is -2.49. The van der Waals surface area contributed by atoms with Crippen molar-refractivity contribution in [3.05, 3.63) is 58.7 Å². The van der Waals surface area contributed by atoms with E-state index in [0.717, 1.165) is 16.7 Å². The first-order chi connectivity index (χ1) is 9.49. The van der Waals surface area contributed by atoms with Gasteiger partial charge >= 0.3 is 0 Å². The second kappa shape index (κ2) is 5.65. The number of nitrogens with two attached hydrogens (primary N) is 2. The lowest BCUT2D eigenvalue weighted by atomic mass is 10.0. The number of hydrogen-bond acceptors (Lipinski definition) is 3. The monoisotopic (exact) mass is 270 g/mol. The average molecular weight is 270 g/mol. The van der Waals surface area contributed by atoms with Crippen LogP contribution in [0.2, 0.25) is 0 Å². The van der Waals surface area contributed by atoms with E-state index in [1.54, 1.807) is 18.2 Å². The molecule has 4 nitrogen and oxygen atoms in total. The molecule has 4 N–H and O–H groups in total. The summed E-state index contributed by atoms with van der Waals surface area (Å²) in [6, 6.07) is 10.9. The molecule has 1 amide bonds. The van der Waals surface area contributed by atoms with Crippen LogP contribution in [0.4, 0.5) is 5.69 Å². The van der Waals surface area contributed by atoms with Crippen molar-refractivity contribution in [2.24, 2.45) is 5.73 Å². The van der Waals surface area contributed by atoms with E-state index in [4.69, 9.17) is 16.2 Å². The zero-order valence-electron chi connectivity index (χ0n) is 11.6. The predicted molar refractivity (Wildman–Crippen MR) is 79.6 cm³/mol. The van der Waals surface area contributed by atoms with Gasteiger partial charge in [-0.25, -0.2) is 0 Å². The van der Waals surface area contributed by atoms with E-state index in [9.17, 15) is 4.79 Å². The van der Waals surface area contributed by atoms with E-state index in [1.807, 2.05) is 32.0 Å². The maximum Gasteiger partial charge on any atom is 0.252 e. The summed E-state index contributed by atoms with van der Waals surface area (Å²) >= 11 is 0. The molecular weight excluding hydrogens is 252 g/mol. The van der Waals surface area contributed by atoms with E-state index in [0.29, 0.717) is 23.6 Å². The highest BCUT2D eigenvalue weighted by atomic mass is 16.5. The molecule has 2 aromatic carbocycles. The van der Waals surface area contributed by atoms with E-state index in [1.165, 1.54) is 0 Å². The number of rotatable bonds is 4. The van der Waals surface area contributed by atoms with E-state index < -0.39 is 5.91 Å². The zero-order chi connectivity index (χ0) is 14.7. The molecule has 0 saturated carbocycles. The van der Waals surface area contributed by atoms with Crippen LogP contribution in [0.3, 0.4) is 0 Å². The van der Waals surface area contributed by atoms with Gasteiger partial charge < -0.3 is 16.2 Å². The van der Waals surface area contributed by atoms with E-state index in [2.05, 4.69) is 0 Å². The number of benzene rings is 2. The zero-order valence-corrected chi connectivity index (χ0v) is 11.6. The summed E-state index contributed by atoms with van der Waals surface area (Å²) in [4.78, 5) is 11.4. The minimum Gasteiger partial charge on any atom is -0.488 e. The van der Waals surface area contributed by atoms with Gasteiger partial charge in [-0.05, 0) is 42.7 Å². The molecule has 0 saturated heterocycles. The Morgan fingerprint density at radius 3 is 2.40 bits per heavy atom. The lowest BCUT2D eigenvalue weighted by Crippen LogP contribution is -2.13. The highest BCUT2D eigenvalue weighted by Crippen LogP contribution is 2.24. The third-order valence-electron chi connectivity index (χ3n) is 3.29. The molecule has 0 bridgehead atoms. The third kappa shape index (κ3) is 2.91. The maximum atomic E-state index is 11.4. The van der Waals surface area contributed by atoms with Gasteiger partial charge in [-0.15, -0.1) is 0 Å². The van der Waals surface area contributed by atoms with E-state index >= 15 is 0 Å². The minimum absolute atomic E-state index is 0.338. The number of primary amides is 1. The quantitative estimate of drug-likeness (QED) is 0.838. The van der Waals surface area contributed by atoms with Gasteiger partial charge in [0, 0.05) is 11.8 Å². The predicted octanol–water partition coefficient (Wildman–Crippen LogP) is 2.56. The van der Waals surface area contributed by atoms with Gasteiger partial charge in [-0.1, -0.05) is 18.2 Å². The number of carbonyl (C=O) groups excluding carboxylic acids is 1. The van der Waals surface area contributed by atoms with Gasteiger partial charge in [0.25, 0.3) is 5.91 Å². The second-order valence-corrected chi connectivity index (χ2v) is 4.78. The summed E-state index contributed by atoms with van der Waals surface area (Å²) < 4.78 is 5.75. The van der Waals surface area contributed by atoms with Crippen molar-refractivity contribution >= 4 is 11.6 Å². The molecule has 0 aromatic heterocycles. The van der Waals surface area contributed by atoms with Crippen LogP contribution >= 0.6 is 0 Å². The van der Waals surface area contributed by atoms with Crippen LogP contribution in [-0.2, 0) is 6.61 Å². The largest absolute Gasteiger partial charge is 0.488 e. The number of amides is 1. The number of aryl methyl sites for hydroxylation is 2. The van der Waals surface area contributed by atoms with Gasteiger partial charge in [0.2, 0.25) is 0 Å². The molecule has 0 aliphatic carbocycles. The van der Waals surface area contributed by atoms with Crippen molar-refractivity contribution in [2.45, 2.75) is 20.5 Å². The summed E-state index contributed by atoms with van der Waals surface area (Å²) in [5.41, 5.74) is 15.3. The van der Waals surface area contributed by atoms with Crippen molar-refractivity contribution in [3.63, 3.8) is 0 Å². The Bertz CT molecular complexity index is 631. The molecule has 2 aromatic rings. The van der Waals surface area contributed by atoms with Crippen LogP contribution < -0.4 is 16.2 Å².